The van der Waals surface area contributed by atoms with Gasteiger partial charge in [0.15, 0.2) is 0 Å². The lowest BCUT2D eigenvalue weighted by Crippen LogP contribution is -2.39. The summed E-state index contributed by atoms with van der Waals surface area (Å²) in [7, 11) is -3.49. The quantitative estimate of drug-likeness (QED) is 0.791. The second kappa shape index (κ2) is 8.15. The molecule has 1 heterocycles. The van der Waals surface area contributed by atoms with Crippen molar-refractivity contribution in [1.82, 2.24) is 9.62 Å². The molecule has 5 nitrogen and oxygen atoms in total. The molecule has 6 heteroatoms. The van der Waals surface area contributed by atoms with Gasteiger partial charge in [0, 0.05) is 25.2 Å². The molecule has 3 rings (SSSR count). The minimum Gasteiger partial charge on any atom is -0.316 e. The molecule has 0 saturated carbocycles. The Morgan fingerprint density at radius 1 is 1.16 bits per heavy atom. The van der Waals surface area contributed by atoms with Crippen LogP contribution < -0.4 is 4.72 Å². The van der Waals surface area contributed by atoms with Gasteiger partial charge < -0.3 is 4.90 Å². The van der Waals surface area contributed by atoms with Gasteiger partial charge in [-0.2, -0.15) is 0 Å². The van der Waals surface area contributed by atoms with E-state index < -0.39 is 10.0 Å². The SMILES string of the molecule is O=C(CCCNS(=O)(=O)c1ccccc1)N1CCCC2CCCC=C21. The van der Waals surface area contributed by atoms with E-state index in [4.69, 9.17) is 0 Å². The number of carbonyl (C=O) groups is 1. The van der Waals surface area contributed by atoms with Crippen LogP contribution in [-0.2, 0) is 14.8 Å². The van der Waals surface area contributed by atoms with Crippen LogP contribution in [0.1, 0.15) is 44.9 Å². The van der Waals surface area contributed by atoms with Gasteiger partial charge in [0.05, 0.1) is 4.90 Å². The third-order valence-corrected chi connectivity index (χ3v) is 6.47. The van der Waals surface area contributed by atoms with E-state index in [1.807, 2.05) is 4.90 Å². The van der Waals surface area contributed by atoms with E-state index in [0.717, 1.165) is 19.4 Å². The summed E-state index contributed by atoms with van der Waals surface area (Å²) in [5, 5.41) is 0. The highest BCUT2D eigenvalue weighted by molar-refractivity contribution is 7.89. The fourth-order valence-corrected chi connectivity index (χ4v) is 4.80. The number of amides is 1. The zero-order valence-corrected chi connectivity index (χ0v) is 15.3. The van der Waals surface area contributed by atoms with E-state index in [1.54, 1.807) is 30.3 Å². The summed E-state index contributed by atoms with van der Waals surface area (Å²) < 4.78 is 26.9. The summed E-state index contributed by atoms with van der Waals surface area (Å²) in [6.07, 6.45) is 8.83. The van der Waals surface area contributed by atoms with Crippen molar-refractivity contribution in [3.63, 3.8) is 0 Å². The molecular weight excluding hydrogens is 336 g/mol. The Morgan fingerprint density at radius 2 is 1.92 bits per heavy atom. The minimum absolute atomic E-state index is 0.122. The number of piperidine rings is 1. The van der Waals surface area contributed by atoms with E-state index >= 15 is 0 Å². The molecule has 0 radical (unpaired) electrons. The van der Waals surface area contributed by atoms with E-state index in [9.17, 15) is 13.2 Å². The first-order valence-corrected chi connectivity index (χ1v) is 10.6. The second-order valence-corrected chi connectivity index (χ2v) is 8.53. The third kappa shape index (κ3) is 4.50. The molecule has 1 aromatic rings. The van der Waals surface area contributed by atoms with Crippen LogP contribution in [0.25, 0.3) is 0 Å². The van der Waals surface area contributed by atoms with Gasteiger partial charge >= 0.3 is 0 Å². The number of nitrogens with zero attached hydrogens (tertiary/aromatic N) is 1. The molecule has 0 bridgehead atoms. The van der Waals surface area contributed by atoms with Gasteiger partial charge in [-0.15, -0.1) is 0 Å². The first-order chi connectivity index (χ1) is 12.1. The van der Waals surface area contributed by atoms with Crippen molar-refractivity contribution in [3.05, 3.63) is 42.1 Å². The molecule has 1 aliphatic heterocycles. The van der Waals surface area contributed by atoms with Gasteiger partial charge in [0.1, 0.15) is 0 Å². The van der Waals surface area contributed by atoms with Gasteiger partial charge in [0.25, 0.3) is 0 Å². The predicted molar refractivity (Wildman–Crippen MR) is 97.2 cm³/mol. The lowest BCUT2D eigenvalue weighted by atomic mass is 9.85. The molecule has 1 atom stereocenters. The molecule has 1 saturated heterocycles. The minimum atomic E-state index is -3.49. The van der Waals surface area contributed by atoms with E-state index in [1.165, 1.54) is 25.0 Å². The Kier molecular flexibility index (Phi) is 5.91. The lowest BCUT2D eigenvalue weighted by molar-refractivity contribution is -0.130. The van der Waals surface area contributed by atoms with Gasteiger partial charge in [-0.1, -0.05) is 24.3 Å². The topological polar surface area (TPSA) is 66.5 Å². The Labute approximate surface area is 150 Å². The summed E-state index contributed by atoms with van der Waals surface area (Å²) in [6, 6.07) is 8.31. The highest BCUT2D eigenvalue weighted by Crippen LogP contribution is 2.35. The molecule has 136 valence electrons. The lowest BCUT2D eigenvalue weighted by Gasteiger charge is -2.38. The Morgan fingerprint density at radius 3 is 2.72 bits per heavy atom. The fraction of sp³-hybridized carbons (Fsp3) is 0.526. The van der Waals surface area contributed by atoms with Gasteiger partial charge in [0.2, 0.25) is 15.9 Å². The van der Waals surface area contributed by atoms with Crippen LogP contribution in [0.3, 0.4) is 0 Å². The van der Waals surface area contributed by atoms with Crippen LogP contribution in [-0.4, -0.2) is 32.3 Å². The maximum Gasteiger partial charge on any atom is 0.240 e. The van der Waals surface area contributed by atoms with Crippen LogP contribution >= 0.6 is 0 Å². The first kappa shape index (κ1) is 18.1. The Balaban J connectivity index is 1.49. The normalized spacial score (nSPS) is 20.7. The largest absolute Gasteiger partial charge is 0.316 e. The summed E-state index contributed by atoms with van der Waals surface area (Å²) >= 11 is 0. The van der Waals surface area contributed by atoms with Crippen molar-refractivity contribution in [2.75, 3.05) is 13.1 Å². The van der Waals surface area contributed by atoms with Crippen molar-refractivity contribution in [1.29, 1.82) is 0 Å². The summed E-state index contributed by atoms with van der Waals surface area (Å²) in [5.74, 6) is 0.666. The van der Waals surface area contributed by atoms with Crippen LogP contribution in [0.15, 0.2) is 47.0 Å². The predicted octanol–water partition coefficient (Wildman–Crippen LogP) is 3.05. The third-order valence-electron chi connectivity index (χ3n) is 4.99. The molecule has 1 N–H and O–H groups in total. The van der Waals surface area contributed by atoms with E-state index in [2.05, 4.69) is 10.8 Å². The second-order valence-electron chi connectivity index (χ2n) is 6.76. The molecule has 1 aromatic carbocycles. The number of benzene rings is 1. The fourth-order valence-electron chi connectivity index (χ4n) is 3.71. The van der Waals surface area contributed by atoms with Gasteiger partial charge in [-0.25, -0.2) is 13.1 Å². The molecular formula is C19H26N2O3S. The number of fused-ring (bicyclic) bond motifs is 1. The average molecular weight is 362 g/mol. The average Bonchev–Trinajstić information content (AvgIpc) is 2.65. The number of likely N-dealkylation sites (tertiary alicyclic amines) is 1. The van der Waals surface area contributed by atoms with Crippen molar-refractivity contribution < 1.29 is 13.2 Å². The molecule has 1 aliphatic carbocycles. The number of nitrogens with one attached hydrogen (secondary N) is 1. The van der Waals surface area contributed by atoms with E-state index in [-0.39, 0.29) is 17.3 Å². The molecule has 25 heavy (non-hydrogen) atoms. The summed E-state index contributed by atoms with van der Waals surface area (Å²) in [5.41, 5.74) is 1.22. The molecule has 0 spiro atoms. The highest BCUT2D eigenvalue weighted by Gasteiger charge is 2.29. The van der Waals surface area contributed by atoms with Crippen molar-refractivity contribution >= 4 is 15.9 Å². The molecule has 1 fully saturated rings. The molecule has 0 aromatic heterocycles. The smallest absolute Gasteiger partial charge is 0.240 e. The number of hydrogen-bond donors (Lipinski definition) is 1. The molecule has 1 amide bonds. The number of rotatable bonds is 6. The number of allylic oxidation sites excluding steroid dienone is 2. The van der Waals surface area contributed by atoms with Crippen molar-refractivity contribution in [3.8, 4) is 0 Å². The Bertz CT molecular complexity index is 728. The number of carbonyl (C=O) groups excluding carboxylic acids is 1. The van der Waals surface area contributed by atoms with E-state index in [0.29, 0.717) is 18.8 Å². The number of sulfonamides is 1. The first-order valence-electron chi connectivity index (χ1n) is 9.13. The maximum absolute atomic E-state index is 12.6. The number of hydrogen-bond acceptors (Lipinski definition) is 3. The molecule has 1 unspecified atom stereocenters. The maximum atomic E-state index is 12.6. The van der Waals surface area contributed by atoms with Crippen LogP contribution in [0.2, 0.25) is 0 Å². The van der Waals surface area contributed by atoms with Crippen molar-refractivity contribution in [2.45, 2.75) is 49.8 Å². The molecule has 2 aliphatic rings. The van der Waals surface area contributed by atoms with Gasteiger partial charge in [-0.3, -0.25) is 4.79 Å². The zero-order valence-electron chi connectivity index (χ0n) is 14.5. The van der Waals surface area contributed by atoms with Crippen LogP contribution in [0, 0.1) is 5.92 Å². The Hall–Kier alpha value is -1.66. The van der Waals surface area contributed by atoms with Crippen molar-refractivity contribution in [2.24, 2.45) is 5.92 Å². The van der Waals surface area contributed by atoms with Crippen LogP contribution in [0.5, 0.6) is 0 Å². The summed E-state index contributed by atoms with van der Waals surface area (Å²) in [4.78, 5) is 14.8. The zero-order chi connectivity index (χ0) is 17.7. The van der Waals surface area contributed by atoms with Gasteiger partial charge in [-0.05, 0) is 56.6 Å². The standard InChI is InChI=1S/C19H26N2O3S/c22-19(21-15-7-9-16-8-4-5-12-18(16)21)13-6-14-20-25(23,24)17-10-2-1-3-11-17/h1-3,10-12,16,20H,4-9,13-15H2. The monoisotopic (exact) mass is 362 g/mol. The summed E-state index contributed by atoms with van der Waals surface area (Å²) in [6.45, 7) is 1.08. The van der Waals surface area contributed by atoms with Crippen LogP contribution in [0.4, 0.5) is 0 Å². The highest BCUT2D eigenvalue weighted by atomic mass is 32.2.